The van der Waals surface area contributed by atoms with E-state index in [1.165, 1.54) is 6.07 Å². The number of nitrogens with one attached hydrogen (secondary N) is 1. The monoisotopic (exact) mass is 341 g/mol. The molecule has 7 heteroatoms. The first-order valence-corrected chi connectivity index (χ1v) is 7.66. The summed E-state index contributed by atoms with van der Waals surface area (Å²) >= 11 is 3.39. The molecular formula is C12H12BrN3O2S. The highest BCUT2D eigenvalue weighted by Gasteiger charge is 2.15. The number of hydrogen-bond acceptors (Lipinski definition) is 4. The fraction of sp³-hybridized carbons (Fsp3) is 0. The number of sulfonamides is 1. The number of halogens is 1. The summed E-state index contributed by atoms with van der Waals surface area (Å²) in [5, 5.41) is 8.17. The largest absolute Gasteiger partial charge is 0.396 e. The van der Waals surface area contributed by atoms with Crippen molar-refractivity contribution in [3.63, 3.8) is 0 Å². The molecule has 5 N–H and O–H groups in total. The molecule has 19 heavy (non-hydrogen) atoms. The van der Waals surface area contributed by atoms with Crippen LogP contribution in [0.25, 0.3) is 0 Å². The van der Waals surface area contributed by atoms with E-state index >= 15 is 0 Å². The van der Waals surface area contributed by atoms with E-state index < -0.39 is 10.0 Å². The lowest BCUT2D eigenvalue weighted by Crippen LogP contribution is -2.15. The van der Waals surface area contributed by atoms with Gasteiger partial charge < -0.3 is 11.1 Å². The zero-order chi connectivity index (χ0) is 14.0. The van der Waals surface area contributed by atoms with Crippen LogP contribution in [0, 0.1) is 0 Å². The molecular weight excluding hydrogens is 330 g/mol. The minimum atomic E-state index is -3.84. The van der Waals surface area contributed by atoms with E-state index in [1.54, 1.807) is 12.1 Å². The third kappa shape index (κ3) is 3.06. The summed E-state index contributed by atoms with van der Waals surface area (Å²) in [6, 6.07) is 12.1. The lowest BCUT2D eigenvalue weighted by Gasteiger charge is -2.13. The summed E-state index contributed by atoms with van der Waals surface area (Å²) in [5.74, 6) is 0. The Kier molecular flexibility index (Phi) is 3.79. The van der Waals surface area contributed by atoms with E-state index in [4.69, 9.17) is 10.9 Å². The number of nitrogen functional groups attached to an aromatic ring is 1. The lowest BCUT2D eigenvalue weighted by atomic mass is 10.2. The molecule has 0 radical (unpaired) electrons. The van der Waals surface area contributed by atoms with Crippen molar-refractivity contribution >= 4 is 43.0 Å². The van der Waals surface area contributed by atoms with Crippen LogP contribution < -0.4 is 16.2 Å². The first-order chi connectivity index (χ1) is 8.89. The van der Waals surface area contributed by atoms with E-state index in [0.29, 0.717) is 5.69 Å². The molecule has 0 aliphatic rings. The van der Waals surface area contributed by atoms with E-state index in [1.807, 2.05) is 24.3 Å². The summed E-state index contributed by atoms with van der Waals surface area (Å²) < 4.78 is 23.6. The van der Waals surface area contributed by atoms with Gasteiger partial charge in [-0.05, 0) is 40.2 Å². The molecule has 0 heterocycles. The molecule has 2 aromatic rings. The minimum Gasteiger partial charge on any atom is -0.396 e. The highest BCUT2D eigenvalue weighted by Crippen LogP contribution is 2.31. The molecule has 0 atom stereocenters. The van der Waals surface area contributed by atoms with Crippen LogP contribution in [0.4, 0.5) is 17.1 Å². The second-order valence-electron chi connectivity index (χ2n) is 3.87. The average molecular weight is 342 g/mol. The van der Waals surface area contributed by atoms with Gasteiger partial charge in [0, 0.05) is 4.47 Å². The average Bonchev–Trinajstić information content (AvgIpc) is 2.33. The summed E-state index contributed by atoms with van der Waals surface area (Å²) in [7, 11) is -3.84. The van der Waals surface area contributed by atoms with Crippen molar-refractivity contribution in [2.45, 2.75) is 4.90 Å². The summed E-state index contributed by atoms with van der Waals surface area (Å²) in [4.78, 5) is -0.0930. The van der Waals surface area contributed by atoms with E-state index in [2.05, 4.69) is 21.2 Å². The number of nitrogens with two attached hydrogens (primary N) is 2. The first kappa shape index (κ1) is 13.9. The number of hydrogen-bond donors (Lipinski definition) is 3. The normalized spacial score (nSPS) is 11.3. The fourth-order valence-corrected chi connectivity index (χ4v) is 2.68. The molecule has 2 aromatic carbocycles. The number of anilines is 3. The third-order valence-corrected chi connectivity index (χ3v) is 4.18. The molecule has 5 nitrogen and oxygen atoms in total. The molecule has 100 valence electrons. The predicted molar refractivity (Wildman–Crippen MR) is 79.7 cm³/mol. The van der Waals surface area contributed by atoms with Gasteiger partial charge in [0.2, 0.25) is 10.0 Å². The van der Waals surface area contributed by atoms with Crippen LogP contribution in [-0.2, 0) is 10.0 Å². The number of benzene rings is 2. The number of primary sulfonamides is 1. The topological polar surface area (TPSA) is 98.2 Å². The van der Waals surface area contributed by atoms with Crippen LogP contribution in [0.5, 0.6) is 0 Å². The Morgan fingerprint density at radius 2 is 1.63 bits per heavy atom. The van der Waals surface area contributed by atoms with Gasteiger partial charge in [0.1, 0.15) is 4.90 Å². The van der Waals surface area contributed by atoms with E-state index in [9.17, 15) is 8.42 Å². The highest BCUT2D eigenvalue weighted by molar-refractivity contribution is 9.10. The molecule has 0 aliphatic heterocycles. The van der Waals surface area contributed by atoms with Gasteiger partial charge in [0.25, 0.3) is 0 Å². The van der Waals surface area contributed by atoms with E-state index in [0.717, 1.165) is 10.2 Å². The smallest absolute Gasteiger partial charge is 0.240 e. The minimum absolute atomic E-state index is 0.0930. The Morgan fingerprint density at radius 1 is 1.00 bits per heavy atom. The van der Waals surface area contributed by atoms with E-state index in [-0.39, 0.29) is 10.6 Å². The molecule has 0 spiro atoms. The van der Waals surface area contributed by atoms with Gasteiger partial charge in [-0.1, -0.05) is 18.2 Å². The van der Waals surface area contributed by atoms with Crippen LogP contribution in [0.3, 0.4) is 0 Å². The zero-order valence-electron chi connectivity index (χ0n) is 9.80. The van der Waals surface area contributed by atoms with Crippen molar-refractivity contribution in [3.05, 3.63) is 46.9 Å². The quantitative estimate of drug-likeness (QED) is 0.746. The van der Waals surface area contributed by atoms with Gasteiger partial charge in [-0.15, -0.1) is 0 Å². The van der Waals surface area contributed by atoms with Gasteiger partial charge in [0.05, 0.1) is 17.1 Å². The van der Waals surface area contributed by atoms with Crippen molar-refractivity contribution in [3.8, 4) is 0 Å². The summed E-state index contributed by atoms with van der Waals surface area (Å²) in [6.07, 6.45) is 0. The highest BCUT2D eigenvalue weighted by atomic mass is 79.9. The molecule has 2 rings (SSSR count). The van der Waals surface area contributed by atoms with Gasteiger partial charge in [0.15, 0.2) is 0 Å². The third-order valence-electron chi connectivity index (χ3n) is 2.52. The van der Waals surface area contributed by atoms with Gasteiger partial charge in [-0.3, -0.25) is 0 Å². The molecule has 0 bridgehead atoms. The van der Waals surface area contributed by atoms with Crippen LogP contribution in [0.15, 0.2) is 51.8 Å². The Hall–Kier alpha value is -1.57. The molecule has 0 saturated carbocycles. The lowest BCUT2D eigenvalue weighted by molar-refractivity contribution is 0.598. The van der Waals surface area contributed by atoms with Gasteiger partial charge >= 0.3 is 0 Å². The Morgan fingerprint density at radius 3 is 2.26 bits per heavy atom. The summed E-state index contributed by atoms with van der Waals surface area (Å²) in [6.45, 7) is 0. The van der Waals surface area contributed by atoms with Crippen molar-refractivity contribution in [1.29, 1.82) is 0 Å². The maximum Gasteiger partial charge on any atom is 0.240 e. The Labute approximate surface area is 119 Å². The summed E-state index contributed by atoms with van der Waals surface area (Å²) in [5.41, 5.74) is 7.19. The predicted octanol–water partition coefficient (Wildman–Crippen LogP) is 2.42. The standard InChI is InChI=1S/C12H12BrN3O2S/c13-8-4-1-2-5-9(8)16-10-6-3-7-11(12(10)14)19(15,17)18/h1-7,16H,14H2,(H2,15,17,18). The van der Waals surface area contributed by atoms with Gasteiger partial charge in [-0.2, -0.15) is 0 Å². The number of rotatable bonds is 3. The molecule has 0 aliphatic carbocycles. The van der Waals surface area contributed by atoms with Crippen molar-refractivity contribution in [1.82, 2.24) is 0 Å². The Bertz CT molecular complexity index is 717. The van der Waals surface area contributed by atoms with Crippen LogP contribution >= 0.6 is 15.9 Å². The molecule has 0 fully saturated rings. The van der Waals surface area contributed by atoms with Crippen molar-refractivity contribution in [2.75, 3.05) is 11.1 Å². The molecule has 0 amide bonds. The van der Waals surface area contributed by atoms with Crippen LogP contribution in [0.2, 0.25) is 0 Å². The molecule has 0 unspecified atom stereocenters. The maximum absolute atomic E-state index is 11.4. The SMILES string of the molecule is Nc1c(Nc2ccccc2Br)cccc1S(N)(=O)=O. The molecule has 0 aromatic heterocycles. The zero-order valence-corrected chi connectivity index (χ0v) is 12.2. The molecule has 0 saturated heterocycles. The van der Waals surface area contributed by atoms with Gasteiger partial charge in [-0.25, -0.2) is 13.6 Å². The Balaban J connectivity index is 2.46. The maximum atomic E-state index is 11.4. The fourth-order valence-electron chi connectivity index (χ4n) is 1.61. The second kappa shape index (κ2) is 5.20. The van der Waals surface area contributed by atoms with Crippen molar-refractivity contribution < 1.29 is 8.42 Å². The van der Waals surface area contributed by atoms with Crippen LogP contribution in [0.1, 0.15) is 0 Å². The second-order valence-corrected chi connectivity index (χ2v) is 6.25. The van der Waals surface area contributed by atoms with Crippen molar-refractivity contribution in [2.24, 2.45) is 5.14 Å². The van der Waals surface area contributed by atoms with Crippen LogP contribution in [-0.4, -0.2) is 8.42 Å². The first-order valence-electron chi connectivity index (χ1n) is 5.32. The number of para-hydroxylation sites is 2.